The van der Waals surface area contributed by atoms with E-state index in [2.05, 4.69) is 5.10 Å². The highest BCUT2D eigenvalue weighted by atomic mass is 16.4. The second kappa shape index (κ2) is 6.66. The molecule has 0 saturated carbocycles. The normalized spacial score (nSPS) is 12.2. The molecule has 0 aliphatic heterocycles. The van der Waals surface area contributed by atoms with Gasteiger partial charge in [0.2, 0.25) is 0 Å². The van der Waals surface area contributed by atoms with Gasteiger partial charge in [0.05, 0.1) is 17.0 Å². The molecule has 1 aromatic heterocycles. The van der Waals surface area contributed by atoms with Gasteiger partial charge in [-0.3, -0.25) is 9.59 Å². The Hall–Kier alpha value is -2.95. The van der Waals surface area contributed by atoms with Gasteiger partial charge in [0.1, 0.15) is 0 Å². The highest BCUT2D eigenvalue weighted by Crippen LogP contribution is 2.21. The van der Waals surface area contributed by atoms with Gasteiger partial charge in [-0.05, 0) is 25.0 Å². The monoisotopic (exact) mass is 322 g/mol. The topological polar surface area (TPSA) is 72.2 Å². The Morgan fingerprint density at radius 2 is 1.71 bits per heavy atom. The molecule has 0 aliphatic rings. The standard InChI is InChI=1S/C19H18N2O3/c1-13(19(23)24)17-15-9-5-6-10-16(15)18(22)21(20-17)12-11-14-7-3-2-4-8-14/h2-10,13H,11-12H2,1H3,(H,23,24). The van der Waals surface area contributed by atoms with Crippen molar-refractivity contribution >= 4 is 16.7 Å². The number of carboxylic acids is 1. The van der Waals surface area contributed by atoms with Gasteiger partial charge in [-0.2, -0.15) is 5.10 Å². The Morgan fingerprint density at radius 1 is 1.08 bits per heavy atom. The van der Waals surface area contributed by atoms with Crippen molar-refractivity contribution in [1.29, 1.82) is 0 Å². The Balaban J connectivity index is 2.06. The number of hydrogen-bond acceptors (Lipinski definition) is 3. The molecule has 122 valence electrons. The zero-order chi connectivity index (χ0) is 17.1. The van der Waals surface area contributed by atoms with Gasteiger partial charge in [0.25, 0.3) is 5.56 Å². The second-order valence-electron chi connectivity index (χ2n) is 5.75. The molecular formula is C19H18N2O3. The first-order valence-corrected chi connectivity index (χ1v) is 7.84. The molecule has 0 radical (unpaired) electrons. The third-order valence-corrected chi connectivity index (χ3v) is 4.13. The minimum atomic E-state index is -0.957. The predicted octanol–water partition coefficient (Wildman–Crippen LogP) is 2.83. The number of benzene rings is 2. The minimum absolute atomic E-state index is 0.192. The first kappa shape index (κ1) is 15.9. The van der Waals surface area contributed by atoms with Gasteiger partial charge >= 0.3 is 5.97 Å². The lowest BCUT2D eigenvalue weighted by molar-refractivity contribution is -0.138. The SMILES string of the molecule is CC(C(=O)O)c1nn(CCc2ccccc2)c(=O)c2ccccc12. The highest BCUT2D eigenvalue weighted by molar-refractivity contribution is 5.88. The number of fused-ring (bicyclic) bond motifs is 1. The predicted molar refractivity (Wildman–Crippen MR) is 92.2 cm³/mol. The number of carboxylic acid groups (broad SMARTS) is 1. The molecule has 24 heavy (non-hydrogen) atoms. The molecule has 0 fully saturated rings. The Bertz CT molecular complexity index is 932. The van der Waals surface area contributed by atoms with E-state index in [1.807, 2.05) is 30.3 Å². The number of aliphatic carboxylic acids is 1. The van der Waals surface area contributed by atoms with E-state index in [4.69, 9.17) is 0 Å². The van der Waals surface area contributed by atoms with Gasteiger partial charge in [0, 0.05) is 11.9 Å². The van der Waals surface area contributed by atoms with Gasteiger partial charge in [-0.15, -0.1) is 0 Å². The molecule has 1 heterocycles. The minimum Gasteiger partial charge on any atom is -0.481 e. The van der Waals surface area contributed by atoms with Crippen molar-refractivity contribution in [3.05, 3.63) is 76.2 Å². The Morgan fingerprint density at radius 3 is 2.38 bits per heavy atom. The van der Waals surface area contributed by atoms with Gasteiger partial charge in [-0.1, -0.05) is 48.5 Å². The number of aryl methyl sites for hydroxylation is 2. The van der Waals surface area contributed by atoms with Crippen LogP contribution in [0.4, 0.5) is 0 Å². The lowest BCUT2D eigenvalue weighted by atomic mass is 10.0. The molecule has 1 unspecified atom stereocenters. The summed E-state index contributed by atoms with van der Waals surface area (Å²) in [6.07, 6.45) is 0.660. The smallest absolute Gasteiger partial charge is 0.312 e. The molecule has 2 aromatic carbocycles. The summed E-state index contributed by atoms with van der Waals surface area (Å²) >= 11 is 0. The van der Waals surface area contributed by atoms with Crippen LogP contribution in [0.25, 0.3) is 10.8 Å². The van der Waals surface area contributed by atoms with E-state index in [9.17, 15) is 14.7 Å². The summed E-state index contributed by atoms with van der Waals surface area (Å²) in [5, 5.41) is 14.8. The average molecular weight is 322 g/mol. The van der Waals surface area contributed by atoms with Crippen molar-refractivity contribution in [3.63, 3.8) is 0 Å². The van der Waals surface area contributed by atoms with E-state index in [-0.39, 0.29) is 5.56 Å². The highest BCUT2D eigenvalue weighted by Gasteiger charge is 2.20. The number of nitrogens with zero attached hydrogens (tertiary/aromatic N) is 2. The van der Waals surface area contributed by atoms with Crippen LogP contribution in [0.1, 0.15) is 24.1 Å². The molecule has 0 bridgehead atoms. The lowest BCUT2D eigenvalue weighted by Gasteiger charge is -2.13. The summed E-state index contributed by atoms with van der Waals surface area (Å²) in [4.78, 5) is 24.0. The van der Waals surface area contributed by atoms with E-state index < -0.39 is 11.9 Å². The summed E-state index contributed by atoms with van der Waals surface area (Å²) in [6, 6.07) is 16.9. The maximum atomic E-state index is 12.6. The quantitative estimate of drug-likeness (QED) is 0.784. The third-order valence-electron chi connectivity index (χ3n) is 4.13. The van der Waals surface area contributed by atoms with E-state index in [0.717, 1.165) is 5.56 Å². The fraction of sp³-hybridized carbons (Fsp3) is 0.211. The molecule has 3 rings (SSSR count). The summed E-state index contributed by atoms with van der Waals surface area (Å²) in [5.74, 6) is -1.74. The molecule has 0 spiro atoms. The Labute approximate surface area is 139 Å². The molecule has 0 saturated heterocycles. The average Bonchev–Trinajstić information content (AvgIpc) is 2.61. The fourth-order valence-corrected chi connectivity index (χ4v) is 2.73. The van der Waals surface area contributed by atoms with E-state index in [0.29, 0.717) is 29.4 Å². The number of aromatic nitrogens is 2. The molecule has 1 atom stereocenters. The van der Waals surface area contributed by atoms with Crippen LogP contribution < -0.4 is 5.56 Å². The van der Waals surface area contributed by atoms with Crippen LogP contribution in [0, 0.1) is 0 Å². The van der Waals surface area contributed by atoms with Crippen molar-refractivity contribution in [3.8, 4) is 0 Å². The van der Waals surface area contributed by atoms with E-state index >= 15 is 0 Å². The third kappa shape index (κ3) is 3.06. The van der Waals surface area contributed by atoms with Crippen LogP contribution in [0.2, 0.25) is 0 Å². The van der Waals surface area contributed by atoms with Crippen LogP contribution >= 0.6 is 0 Å². The van der Waals surface area contributed by atoms with Gasteiger partial charge in [0.15, 0.2) is 0 Å². The van der Waals surface area contributed by atoms with Gasteiger partial charge < -0.3 is 5.11 Å². The van der Waals surface area contributed by atoms with Crippen LogP contribution in [0.15, 0.2) is 59.4 Å². The fourth-order valence-electron chi connectivity index (χ4n) is 2.73. The maximum Gasteiger partial charge on any atom is 0.312 e. The van der Waals surface area contributed by atoms with Crippen molar-refractivity contribution in [2.24, 2.45) is 0 Å². The first-order valence-electron chi connectivity index (χ1n) is 7.84. The maximum absolute atomic E-state index is 12.6. The molecule has 0 aliphatic carbocycles. The largest absolute Gasteiger partial charge is 0.481 e. The first-order chi connectivity index (χ1) is 11.6. The van der Waals surface area contributed by atoms with Crippen LogP contribution in [0.3, 0.4) is 0 Å². The van der Waals surface area contributed by atoms with E-state index in [1.165, 1.54) is 4.68 Å². The number of rotatable bonds is 5. The van der Waals surface area contributed by atoms with Crippen LogP contribution in [-0.2, 0) is 17.8 Å². The zero-order valence-electron chi connectivity index (χ0n) is 13.3. The molecule has 3 aromatic rings. The van der Waals surface area contributed by atoms with Crippen molar-refractivity contribution in [2.75, 3.05) is 0 Å². The molecular weight excluding hydrogens is 304 g/mol. The number of hydrogen-bond donors (Lipinski definition) is 1. The van der Waals surface area contributed by atoms with E-state index in [1.54, 1.807) is 31.2 Å². The van der Waals surface area contributed by atoms with Gasteiger partial charge in [-0.25, -0.2) is 4.68 Å². The van der Waals surface area contributed by atoms with Crippen LogP contribution in [0.5, 0.6) is 0 Å². The van der Waals surface area contributed by atoms with Crippen molar-refractivity contribution in [2.45, 2.75) is 25.8 Å². The summed E-state index contributed by atoms with van der Waals surface area (Å²) in [7, 11) is 0. The lowest BCUT2D eigenvalue weighted by Crippen LogP contribution is -2.27. The summed E-state index contributed by atoms with van der Waals surface area (Å²) in [6.45, 7) is 2.00. The zero-order valence-corrected chi connectivity index (χ0v) is 13.3. The summed E-state index contributed by atoms with van der Waals surface area (Å²) in [5.41, 5.74) is 1.33. The second-order valence-corrected chi connectivity index (χ2v) is 5.75. The molecule has 0 amide bonds. The van der Waals surface area contributed by atoms with Crippen LogP contribution in [-0.4, -0.2) is 20.9 Å². The molecule has 5 heteroatoms. The van der Waals surface area contributed by atoms with Crippen molar-refractivity contribution < 1.29 is 9.90 Å². The van der Waals surface area contributed by atoms with Crippen molar-refractivity contribution in [1.82, 2.24) is 9.78 Å². The number of carbonyl (C=O) groups is 1. The Kier molecular flexibility index (Phi) is 4.42. The summed E-state index contributed by atoms with van der Waals surface area (Å²) < 4.78 is 1.38. The molecule has 5 nitrogen and oxygen atoms in total. The molecule has 1 N–H and O–H groups in total.